The van der Waals surface area contributed by atoms with E-state index >= 15 is 0 Å². The SMILES string of the molecule is CCC(C)C(N)C(=O)N1CCC[C@H]1C(=O)O. The van der Waals surface area contributed by atoms with Gasteiger partial charge in [-0.05, 0) is 18.8 Å². The van der Waals surface area contributed by atoms with E-state index < -0.39 is 18.1 Å². The molecule has 0 aliphatic carbocycles. The molecule has 1 aliphatic heterocycles. The van der Waals surface area contributed by atoms with Gasteiger partial charge in [0.1, 0.15) is 6.04 Å². The van der Waals surface area contributed by atoms with Gasteiger partial charge in [0.25, 0.3) is 0 Å². The molecule has 3 N–H and O–H groups in total. The normalized spacial score (nSPS) is 24.2. The standard InChI is InChI=1S/C11H20N2O3/c1-3-7(2)9(12)10(14)13-6-4-5-8(13)11(15)16/h7-9H,3-6,12H2,1-2H3,(H,15,16)/t7?,8-,9?/m0/s1. The molecule has 0 aromatic carbocycles. The summed E-state index contributed by atoms with van der Waals surface area (Å²) in [5.74, 6) is -1.07. The quantitative estimate of drug-likeness (QED) is 0.731. The van der Waals surface area contributed by atoms with Crippen molar-refractivity contribution in [1.29, 1.82) is 0 Å². The molecule has 1 rings (SSSR count). The van der Waals surface area contributed by atoms with Crippen LogP contribution in [0.1, 0.15) is 33.1 Å². The Balaban J connectivity index is 2.69. The zero-order valence-electron chi connectivity index (χ0n) is 9.85. The minimum absolute atomic E-state index is 0.0857. The topological polar surface area (TPSA) is 83.6 Å². The number of carbonyl (C=O) groups is 2. The van der Waals surface area contributed by atoms with Gasteiger partial charge in [-0.15, -0.1) is 0 Å². The van der Waals surface area contributed by atoms with Crippen molar-refractivity contribution in [2.45, 2.75) is 45.2 Å². The van der Waals surface area contributed by atoms with Crippen LogP contribution in [0.5, 0.6) is 0 Å². The Hall–Kier alpha value is -1.10. The van der Waals surface area contributed by atoms with Crippen molar-refractivity contribution >= 4 is 11.9 Å². The summed E-state index contributed by atoms with van der Waals surface area (Å²) in [6, 6.07) is -1.26. The molecular weight excluding hydrogens is 208 g/mol. The lowest BCUT2D eigenvalue weighted by Crippen LogP contribution is -2.50. The van der Waals surface area contributed by atoms with Gasteiger partial charge in [-0.2, -0.15) is 0 Å². The number of nitrogens with zero attached hydrogens (tertiary/aromatic N) is 1. The monoisotopic (exact) mass is 228 g/mol. The number of hydrogen-bond donors (Lipinski definition) is 2. The Morgan fingerprint density at radius 3 is 2.69 bits per heavy atom. The molecule has 92 valence electrons. The minimum atomic E-state index is -0.929. The predicted octanol–water partition coefficient (Wildman–Crippen LogP) is 0.435. The Labute approximate surface area is 95.6 Å². The van der Waals surface area contributed by atoms with E-state index in [0.717, 1.165) is 12.8 Å². The van der Waals surface area contributed by atoms with Crippen molar-refractivity contribution < 1.29 is 14.7 Å². The molecule has 0 aromatic rings. The number of hydrogen-bond acceptors (Lipinski definition) is 3. The third-order valence-electron chi connectivity index (χ3n) is 3.36. The van der Waals surface area contributed by atoms with Gasteiger partial charge in [-0.1, -0.05) is 20.3 Å². The average Bonchev–Trinajstić information content (AvgIpc) is 2.74. The Morgan fingerprint density at radius 2 is 2.19 bits per heavy atom. The number of rotatable bonds is 4. The first-order valence-electron chi connectivity index (χ1n) is 5.77. The summed E-state index contributed by atoms with van der Waals surface area (Å²) in [5, 5.41) is 8.98. The van der Waals surface area contributed by atoms with Gasteiger partial charge in [0, 0.05) is 6.54 Å². The summed E-state index contributed by atoms with van der Waals surface area (Å²) in [5.41, 5.74) is 5.83. The molecule has 0 saturated carbocycles. The molecule has 1 aliphatic rings. The van der Waals surface area contributed by atoms with Crippen LogP contribution < -0.4 is 5.73 Å². The summed E-state index contributed by atoms with van der Waals surface area (Å²) in [7, 11) is 0. The number of nitrogens with two attached hydrogens (primary N) is 1. The summed E-state index contributed by atoms with van der Waals surface area (Å²) in [6.07, 6.45) is 2.10. The maximum Gasteiger partial charge on any atom is 0.326 e. The molecule has 1 amide bonds. The van der Waals surface area contributed by atoms with Crippen LogP contribution in [0.4, 0.5) is 0 Å². The lowest BCUT2D eigenvalue weighted by atomic mass is 9.98. The van der Waals surface area contributed by atoms with Gasteiger partial charge in [0.05, 0.1) is 6.04 Å². The van der Waals surface area contributed by atoms with Crippen LogP contribution in [0, 0.1) is 5.92 Å². The molecular formula is C11H20N2O3. The second-order valence-electron chi connectivity index (χ2n) is 4.44. The van der Waals surface area contributed by atoms with Gasteiger partial charge in [0.2, 0.25) is 5.91 Å². The van der Waals surface area contributed by atoms with Gasteiger partial charge in [0.15, 0.2) is 0 Å². The van der Waals surface area contributed by atoms with Crippen molar-refractivity contribution in [2.75, 3.05) is 6.54 Å². The zero-order chi connectivity index (χ0) is 12.3. The highest BCUT2D eigenvalue weighted by Crippen LogP contribution is 2.20. The molecule has 1 fully saturated rings. The first kappa shape index (κ1) is 13.0. The zero-order valence-corrected chi connectivity index (χ0v) is 9.85. The van der Waals surface area contributed by atoms with E-state index in [0.29, 0.717) is 13.0 Å². The number of aliphatic carboxylic acids is 1. The van der Waals surface area contributed by atoms with Crippen molar-refractivity contribution in [2.24, 2.45) is 11.7 Å². The number of carbonyl (C=O) groups excluding carboxylic acids is 1. The fourth-order valence-electron chi connectivity index (χ4n) is 1.98. The van der Waals surface area contributed by atoms with Crippen LogP contribution in [0.3, 0.4) is 0 Å². The molecule has 2 unspecified atom stereocenters. The maximum absolute atomic E-state index is 12.0. The third-order valence-corrected chi connectivity index (χ3v) is 3.36. The van der Waals surface area contributed by atoms with E-state index in [1.54, 1.807) is 0 Å². The van der Waals surface area contributed by atoms with Crippen molar-refractivity contribution in [3.05, 3.63) is 0 Å². The number of amides is 1. The van der Waals surface area contributed by atoms with E-state index in [1.165, 1.54) is 4.90 Å². The highest BCUT2D eigenvalue weighted by molar-refractivity contribution is 5.87. The van der Waals surface area contributed by atoms with E-state index in [2.05, 4.69) is 0 Å². The van der Waals surface area contributed by atoms with E-state index in [-0.39, 0.29) is 11.8 Å². The Morgan fingerprint density at radius 1 is 1.56 bits per heavy atom. The lowest BCUT2D eigenvalue weighted by molar-refractivity contribution is -0.149. The average molecular weight is 228 g/mol. The molecule has 3 atom stereocenters. The summed E-state index contributed by atoms with van der Waals surface area (Å²) < 4.78 is 0. The molecule has 0 radical (unpaired) electrons. The number of likely N-dealkylation sites (tertiary alicyclic amines) is 1. The first-order chi connectivity index (χ1) is 7.49. The van der Waals surface area contributed by atoms with Gasteiger partial charge < -0.3 is 15.7 Å². The van der Waals surface area contributed by atoms with Crippen LogP contribution in [0.2, 0.25) is 0 Å². The van der Waals surface area contributed by atoms with E-state index in [1.807, 2.05) is 13.8 Å². The molecule has 5 nitrogen and oxygen atoms in total. The molecule has 16 heavy (non-hydrogen) atoms. The van der Waals surface area contributed by atoms with Crippen LogP contribution >= 0.6 is 0 Å². The van der Waals surface area contributed by atoms with Crippen LogP contribution in [0.25, 0.3) is 0 Å². The van der Waals surface area contributed by atoms with Gasteiger partial charge in [-0.25, -0.2) is 4.79 Å². The highest BCUT2D eigenvalue weighted by Gasteiger charge is 2.36. The predicted molar refractivity (Wildman–Crippen MR) is 59.8 cm³/mol. The summed E-state index contributed by atoms with van der Waals surface area (Å²) >= 11 is 0. The van der Waals surface area contributed by atoms with Crippen molar-refractivity contribution in [1.82, 2.24) is 4.90 Å². The van der Waals surface area contributed by atoms with Crippen molar-refractivity contribution in [3.63, 3.8) is 0 Å². The highest BCUT2D eigenvalue weighted by atomic mass is 16.4. The summed E-state index contributed by atoms with van der Waals surface area (Å²) in [6.45, 7) is 4.39. The Kier molecular flexibility index (Phi) is 4.29. The van der Waals surface area contributed by atoms with Gasteiger partial charge >= 0.3 is 5.97 Å². The number of carboxylic acids is 1. The summed E-state index contributed by atoms with van der Waals surface area (Å²) in [4.78, 5) is 24.4. The van der Waals surface area contributed by atoms with E-state index in [9.17, 15) is 9.59 Å². The fraction of sp³-hybridized carbons (Fsp3) is 0.818. The van der Waals surface area contributed by atoms with E-state index in [4.69, 9.17) is 10.8 Å². The van der Waals surface area contributed by atoms with Crippen LogP contribution in [-0.2, 0) is 9.59 Å². The number of carboxylic acid groups (broad SMARTS) is 1. The maximum atomic E-state index is 12.0. The lowest BCUT2D eigenvalue weighted by Gasteiger charge is -2.27. The molecule has 0 aromatic heterocycles. The first-order valence-corrected chi connectivity index (χ1v) is 5.77. The second kappa shape index (κ2) is 5.30. The Bertz CT molecular complexity index is 280. The molecule has 1 saturated heterocycles. The molecule has 5 heteroatoms. The molecule has 0 spiro atoms. The molecule has 0 bridgehead atoms. The largest absolute Gasteiger partial charge is 0.480 e. The fourth-order valence-corrected chi connectivity index (χ4v) is 1.98. The van der Waals surface area contributed by atoms with Gasteiger partial charge in [-0.3, -0.25) is 4.79 Å². The smallest absolute Gasteiger partial charge is 0.326 e. The van der Waals surface area contributed by atoms with Crippen molar-refractivity contribution in [3.8, 4) is 0 Å². The molecule has 1 heterocycles. The van der Waals surface area contributed by atoms with Crippen LogP contribution in [-0.4, -0.2) is 40.5 Å². The third kappa shape index (κ3) is 2.52. The second-order valence-corrected chi connectivity index (χ2v) is 4.44. The van der Waals surface area contributed by atoms with Crippen LogP contribution in [0.15, 0.2) is 0 Å². The minimum Gasteiger partial charge on any atom is -0.480 e.